The Bertz CT molecular complexity index is 876. The molecule has 2 aromatic heterocycles. The Morgan fingerprint density at radius 1 is 1.12 bits per heavy atom. The molecule has 3 aromatic rings. The molecule has 0 fully saturated rings. The molecule has 122 valence electrons. The predicted molar refractivity (Wildman–Crippen MR) is 86.4 cm³/mol. The molecule has 0 saturated heterocycles. The van der Waals surface area contributed by atoms with Gasteiger partial charge in [0.1, 0.15) is 22.8 Å². The van der Waals surface area contributed by atoms with Crippen LogP contribution in [0.4, 0.5) is 0 Å². The van der Waals surface area contributed by atoms with Crippen molar-refractivity contribution in [2.24, 2.45) is 0 Å². The lowest BCUT2D eigenvalue weighted by Crippen LogP contribution is -2.36. The SMILES string of the molecule is Cc1noc(C)c1C(=O)N1CCc2onc(-c3ccccc3)c2C1. The van der Waals surface area contributed by atoms with Crippen LogP contribution < -0.4 is 0 Å². The van der Waals surface area contributed by atoms with Crippen molar-refractivity contribution < 1.29 is 13.8 Å². The molecule has 0 N–H and O–H groups in total. The Morgan fingerprint density at radius 3 is 2.62 bits per heavy atom. The highest BCUT2D eigenvalue weighted by molar-refractivity contribution is 5.96. The fraction of sp³-hybridized carbons (Fsp3) is 0.278. The lowest BCUT2D eigenvalue weighted by molar-refractivity contribution is 0.0726. The summed E-state index contributed by atoms with van der Waals surface area (Å²) < 4.78 is 10.6. The minimum atomic E-state index is -0.0582. The van der Waals surface area contributed by atoms with E-state index >= 15 is 0 Å². The Morgan fingerprint density at radius 2 is 1.92 bits per heavy atom. The molecule has 0 atom stereocenters. The van der Waals surface area contributed by atoms with Gasteiger partial charge in [-0.05, 0) is 13.8 Å². The molecule has 1 amide bonds. The number of fused-ring (bicyclic) bond motifs is 1. The Balaban J connectivity index is 1.67. The molecule has 0 unspecified atom stereocenters. The van der Waals surface area contributed by atoms with Crippen molar-refractivity contribution in [3.8, 4) is 11.3 Å². The summed E-state index contributed by atoms with van der Waals surface area (Å²) in [6, 6.07) is 9.88. The van der Waals surface area contributed by atoms with E-state index in [1.165, 1.54) is 0 Å². The standard InChI is InChI=1S/C18H17N3O3/c1-11-16(12(2)23-19-11)18(22)21-9-8-15-14(10-21)17(20-24-15)13-6-4-3-5-7-13/h3-7H,8-10H2,1-2H3. The molecule has 4 rings (SSSR count). The number of hydrogen-bond acceptors (Lipinski definition) is 5. The third-order valence-corrected chi connectivity index (χ3v) is 4.41. The second kappa shape index (κ2) is 5.63. The quantitative estimate of drug-likeness (QED) is 0.724. The first-order valence-corrected chi connectivity index (χ1v) is 7.90. The molecule has 0 radical (unpaired) electrons. The van der Waals surface area contributed by atoms with E-state index in [-0.39, 0.29) is 5.91 Å². The van der Waals surface area contributed by atoms with Crippen LogP contribution in [0.25, 0.3) is 11.3 Å². The average molecular weight is 323 g/mol. The van der Waals surface area contributed by atoms with E-state index in [1.54, 1.807) is 18.7 Å². The van der Waals surface area contributed by atoms with Crippen molar-refractivity contribution in [3.63, 3.8) is 0 Å². The molecule has 0 aliphatic carbocycles. The number of benzene rings is 1. The molecular formula is C18H17N3O3. The fourth-order valence-electron chi connectivity index (χ4n) is 3.15. The summed E-state index contributed by atoms with van der Waals surface area (Å²) in [4.78, 5) is 14.7. The van der Waals surface area contributed by atoms with Gasteiger partial charge in [-0.25, -0.2) is 0 Å². The van der Waals surface area contributed by atoms with Gasteiger partial charge in [0.15, 0.2) is 0 Å². The van der Waals surface area contributed by atoms with Gasteiger partial charge >= 0.3 is 0 Å². The largest absolute Gasteiger partial charge is 0.361 e. The van der Waals surface area contributed by atoms with Crippen LogP contribution in [0.1, 0.15) is 33.1 Å². The van der Waals surface area contributed by atoms with E-state index in [0.717, 1.165) is 22.6 Å². The normalized spacial score (nSPS) is 13.8. The molecular weight excluding hydrogens is 306 g/mol. The molecule has 0 bridgehead atoms. The highest BCUT2D eigenvalue weighted by Gasteiger charge is 2.30. The third-order valence-electron chi connectivity index (χ3n) is 4.41. The second-order valence-corrected chi connectivity index (χ2v) is 5.97. The van der Waals surface area contributed by atoms with Gasteiger partial charge in [0.05, 0.1) is 12.2 Å². The van der Waals surface area contributed by atoms with Crippen molar-refractivity contribution in [1.29, 1.82) is 0 Å². The Kier molecular flexibility index (Phi) is 3.45. The van der Waals surface area contributed by atoms with Gasteiger partial charge in [-0.15, -0.1) is 0 Å². The Hall–Kier alpha value is -2.89. The van der Waals surface area contributed by atoms with Crippen LogP contribution in [-0.4, -0.2) is 27.7 Å². The third kappa shape index (κ3) is 2.31. The maximum absolute atomic E-state index is 12.9. The first-order valence-electron chi connectivity index (χ1n) is 7.90. The van der Waals surface area contributed by atoms with Gasteiger partial charge in [-0.2, -0.15) is 0 Å². The maximum Gasteiger partial charge on any atom is 0.259 e. The first kappa shape index (κ1) is 14.7. The number of amides is 1. The van der Waals surface area contributed by atoms with E-state index in [0.29, 0.717) is 36.5 Å². The van der Waals surface area contributed by atoms with E-state index in [9.17, 15) is 4.79 Å². The number of aryl methyl sites for hydroxylation is 2. The van der Waals surface area contributed by atoms with Crippen LogP contribution in [-0.2, 0) is 13.0 Å². The van der Waals surface area contributed by atoms with Crippen molar-refractivity contribution in [2.75, 3.05) is 6.54 Å². The second-order valence-electron chi connectivity index (χ2n) is 5.97. The van der Waals surface area contributed by atoms with Crippen molar-refractivity contribution in [3.05, 3.63) is 58.7 Å². The van der Waals surface area contributed by atoms with E-state index < -0.39 is 0 Å². The van der Waals surface area contributed by atoms with Gasteiger partial charge in [0.25, 0.3) is 5.91 Å². The smallest absolute Gasteiger partial charge is 0.259 e. The zero-order valence-corrected chi connectivity index (χ0v) is 13.6. The molecule has 0 spiro atoms. The molecule has 3 heterocycles. The van der Waals surface area contributed by atoms with Crippen LogP contribution in [0.15, 0.2) is 39.4 Å². The molecule has 6 nitrogen and oxygen atoms in total. The summed E-state index contributed by atoms with van der Waals surface area (Å²) >= 11 is 0. The number of carbonyl (C=O) groups excluding carboxylic acids is 1. The van der Waals surface area contributed by atoms with Crippen LogP contribution in [0.5, 0.6) is 0 Å². The predicted octanol–water partition coefficient (Wildman–Crippen LogP) is 3.14. The molecule has 0 saturated carbocycles. The van der Waals surface area contributed by atoms with Crippen LogP contribution in [0, 0.1) is 13.8 Å². The number of carbonyl (C=O) groups is 1. The lowest BCUT2D eigenvalue weighted by Gasteiger charge is -2.26. The van der Waals surface area contributed by atoms with E-state index in [2.05, 4.69) is 10.3 Å². The van der Waals surface area contributed by atoms with Crippen LogP contribution >= 0.6 is 0 Å². The molecule has 1 aliphatic heterocycles. The summed E-state index contributed by atoms with van der Waals surface area (Å²) in [7, 11) is 0. The summed E-state index contributed by atoms with van der Waals surface area (Å²) in [5.74, 6) is 1.35. The maximum atomic E-state index is 12.9. The van der Waals surface area contributed by atoms with Gasteiger partial charge in [-0.3, -0.25) is 4.79 Å². The van der Waals surface area contributed by atoms with E-state index in [1.807, 2.05) is 30.3 Å². The highest BCUT2D eigenvalue weighted by atomic mass is 16.5. The van der Waals surface area contributed by atoms with Gasteiger partial charge in [0.2, 0.25) is 0 Å². The van der Waals surface area contributed by atoms with Gasteiger partial charge in [-0.1, -0.05) is 40.6 Å². The monoisotopic (exact) mass is 323 g/mol. The molecule has 6 heteroatoms. The average Bonchev–Trinajstić information content (AvgIpc) is 3.18. The number of rotatable bonds is 2. The number of hydrogen-bond donors (Lipinski definition) is 0. The molecule has 1 aliphatic rings. The zero-order valence-electron chi connectivity index (χ0n) is 13.6. The van der Waals surface area contributed by atoms with Crippen LogP contribution in [0.3, 0.4) is 0 Å². The summed E-state index contributed by atoms with van der Waals surface area (Å²) in [6.07, 6.45) is 0.657. The highest BCUT2D eigenvalue weighted by Crippen LogP contribution is 2.30. The summed E-state index contributed by atoms with van der Waals surface area (Å²) in [6.45, 7) is 4.62. The van der Waals surface area contributed by atoms with E-state index in [4.69, 9.17) is 9.05 Å². The van der Waals surface area contributed by atoms with Crippen LogP contribution in [0.2, 0.25) is 0 Å². The Labute approximate surface area is 139 Å². The summed E-state index contributed by atoms with van der Waals surface area (Å²) in [5.41, 5.74) is 3.96. The topological polar surface area (TPSA) is 72.4 Å². The first-order chi connectivity index (χ1) is 11.6. The lowest BCUT2D eigenvalue weighted by atomic mass is 10.0. The zero-order chi connectivity index (χ0) is 16.7. The number of nitrogens with zero attached hydrogens (tertiary/aromatic N) is 3. The minimum absolute atomic E-state index is 0.0582. The van der Waals surface area contributed by atoms with Gasteiger partial charge in [0, 0.05) is 24.1 Å². The van der Waals surface area contributed by atoms with Crippen molar-refractivity contribution in [1.82, 2.24) is 15.2 Å². The molecule has 1 aromatic carbocycles. The summed E-state index contributed by atoms with van der Waals surface area (Å²) in [5, 5.41) is 8.09. The minimum Gasteiger partial charge on any atom is -0.361 e. The van der Waals surface area contributed by atoms with Crippen molar-refractivity contribution >= 4 is 5.91 Å². The molecule has 24 heavy (non-hydrogen) atoms. The van der Waals surface area contributed by atoms with Crippen molar-refractivity contribution in [2.45, 2.75) is 26.8 Å². The fourth-order valence-corrected chi connectivity index (χ4v) is 3.15. The van der Waals surface area contributed by atoms with Gasteiger partial charge < -0.3 is 13.9 Å². The number of aromatic nitrogens is 2.